The molecular formula is C52H99NO5. The molecule has 0 spiro atoms. The Morgan fingerprint density at radius 1 is 0.500 bits per heavy atom. The number of aliphatic hydroxyl groups is 2. The van der Waals surface area contributed by atoms with Crippen molar-refractivity contribution in [2.24, 2.45) is 0 Å². The van der Waals surface area contributed by atoms with Crippen LogP contribution in [0.3, 0.4) is 0 Å². The van der Waals surface area contributed by atoms with Crippen LogP contribution in [0.15, 0.2) is 24.3 Å². The summed E-state index contributed by atoms with van der Waals surface area (Å²) >= 11 is 0. The van der Waals surface area contributed by atoms with Gasteiger partial charge in [-0.15, -0.1) is 0 Å². The molecule has 0 rings (SSSR count). The van der Waals surface area contributed by atoms with Crippen molar-refractivity contribution in [3.8, 4) is 0 Å². The minimum Gasteiger partial charge on any atom is -0.462 e. The van der Waals surface area contributed by atoms with Crippen molar-refractivity contribution in [2.45, 2.75) is 289 Å². The van der Waals surface area contributed by atoms with Crippen molar-refractivity contribution in [1.29, 1.82) is 0 Å². The number of allylic oxidation sites excluding steroid dienone is 4. The fourth-order valence-electron chi connectivity index (χ4n) is 7.90. The van der Waals surface area contributed by atoms with Gasteiger partial charge in [0.1, 0.15) is 6.10 Å². The van der Waals surface area contributed by atoms with Crippen molar-refractivity contribution in [2.75, 3.05) is 6.61 Å². The summed E-state index contributed by atoms with van der Waals surface area (Å²) in [7, 11) is 0. The third-order valence-corrected chi connectivity index (χ3v) is 11.8. The second-order valence-corrected chi connectivity index (χ2v) is 17.6. The fraction of sp³-hybridized carbons (Fsp3) is 0.885. The topological polar surface area (TPSA) is 95.9 Å². The average molecular weight is 818 g/mol. The highest BCUT2D eigenvalue weighted by Gasteiger charge is 2.24. The van der Waals surface area contributed by atoms with E-state index in [1.54, 1.807) is 0 Å². The maximum atomic E-state index is 13.2. The highest BCUT2D eigenvalue weighted by Crippen LogP contribution is 2.18. The van der Waals surface area contributed by atoms with E-state index in [1.807, 2.05) is 0 Å². The predicted molar refractivity (Wildman–Crippen MR) is 250 cm³/mol. The minimum atomic E-state index is -0.791. The minimum absolute atomic E-state index is 0.0607. The zero-order valence-electron chi connectivity index (χ0n) is 38.9. The first-order valence-electron chi connectivity index (χ1n) is 25.6. The number of rotatable bonds is 46. The summed E-state index contributed by atoms with van der Waals surface area (Å²) in [6.45, 7) is 6.47. The van der Waals surface area contributed by atoms with Gasteiger partial charge in [0, 0.05) is 6.42 Å². The lowest BCUT2D eigenvalue weighted by Crippen LogP contribution is -2.46. The molecule has 0 aliphatic heterocycles. The number of aliphatic hydroxyl groups excluding tert-OH is 2. The van der Waals surface area contributed by atoms with Gasteiger partial charge in [-0.05, 0) is 44.9 Å². The standard InChI is InChI=1S/C52H99NO5/c1-4-7-10-13-16-19-22-25-28-31-34-37-40-43-48(58-52(57)45-42-39-36-33-30-27-24-21-18-15-12-9-6-3)46-51(56)53-49(47-54)50(55)44-41-38-35-32-29-26-23-20-17-14-11-8-5-2/h27,30,36,39,48-50,54-55H,4-26,28-29,31-35,37-38,40-47H2,1-3H3,(H,53,56)/b30-27-,39-36+. The monoisotopic (exact) mass is 818 g/mol. The Morgan fingerprint density at radius 2 is 0.879 bits per heavy atom. The van der Waals surface area contributed by atoms with Crippen LogP contribution in [-0.4, -0.2) is 46.9 Å². The number of carbonyl (C=O) groups is 2. The summed E-state index contributed by atoms with van der Waals surface area (Å²) < 4.78 is 5.89. The Balaban J connectivity index is 4.61. The van der Waals surface area contributed by atoms with E-state index in [1.165, 1.54) is 173 Å². The first-order chi connectivity index (χ1) is 28.5. The van der Waals surface area contributed by atoms with Crippen LogP contribution in [0.4, 0.5) is 0 Å². The maximum Gasteiger partial charge on any atom is 0.306 e. The van der Waals surface area contributed by atoms with Crippen LogP contribution in [0.1, 0.15) is 271 Å². The zero-order valence-corrected chi connectivity index (χ0v) is 38.9. The summed E-state index contributed by atoms with van der Waals surface area (Å²) in [5.41, 5.74) is 0. The summed E-state index contributed by atoms with van der Waals surface area (Å²) in [5.74, 6) is -0.541. The van der Waals surface area contributed by atoms with Crippen LogP contribution in [0, 0.1) is 0 Å². The van der Waals surface area contributed by atoms with Gasteiger partial charge in [0.2, 0.25) is 5.91 Å². The lowest BCUT2D eigenvalue weighted by Gasteiger charge is -2.24. The molecule has 0 aromatic carbocycles. The number of nitrogens with one attached hydrogen (secondary N) is 1. The molecule has 3 N–H and O–H groups in total. The van der Waals surface area contributed by atoms with Gasteiger partial charge in [0.15, 0.2) is 0 Å². The van der Waals surface area contributed by atoms with E-state index in [0.717, 1.165) is 44.9 Å². The van der Waals surface area contributed by atoms with Gasteiger partial charge >= 0.3 is 5.97 Å². The van der Waals surface area contributed by atoms with E-state index in [4.69, 9.17) is 4.74 Å². The SMILES string of the molecule is CCCCCCCC/C=C\C/C=C/CCC(=O)OC(CCCCCCCCCCCCCCC)CC(=O)NC(CO)C(O)CCCCCCCCCCCCCCC. The van der Waals surface area contributed by atoms with Crippen molar-refractivity contribution in [3.63, 3.8) is 0 Å². The number of carbonyl (C=O) groups excluding carboxylic acids is 2. The van der Waals surface area contributed by atoms with E-state index < -0.39 is 18.2 Å². The summed E-state index contributed by atoms with van der Waals surface area (Å²) in [5, 5.41) is 23.7. The molecule has 1 amide bonds. The molecule has 0 aromatic heterocycles. The highest BCUT2D eigenvalue weighted by molar-refractivity contribution is 5.77. The van der Waals surface area contributed by atoms with Crippen LogP contribution in [0.5, 0.6) is 0 Å². The van der Waals surface area contributed by atoms with Crippen molar-refractivity contribution >= 4 is 11.9 Å². The Morgan fingerprint density at radius 3 is 1.31 bits per heavy atom. The van der Waals surface area contributed by atoms with Gasteiger partial charge in [0.05, 0.1) is 25.2 Å². The van der Waals surface area contributed by atoms with Crippen molar-refractivity contribution in [1.82, 2.24) is 5.32 Å². The Labute approximate surface area is 361 Å². The molecule has 0 bridgehead atoms. The van der Waals surface area contributed by atoms with Gasteiger partial charge in [0.25, 0.3) is 0 Å². The molecule has 0 radical (unpaired) electrons. The van der Waals surface area contributed by atoms with Gasteiger partial charge in [-0.1, -0.05) is 238 Å². The molecule has 6 nitrogen and oxygen atoms in total. The summed E-state index contributed by atoms with van der Waals surface area (Å²) in [6.07, 6.45) is 52.4. The van der Waals surface area contributed by atoms with Crippen LogP contribution in [0.25, 0.3) is 0 Å². The van der Waals surface area contributed by atoms with Crippen molar-refractivity contribution < 1.29 is 24.5 Å². The smallest absolute Gasteiger partial charge is 0.306 e. The average Bonchev–Trinajstić information content (AvgIpc) is 3.22. The molecular weight excluding hydrogens is 719 g/mol. The largest absolute Gasteiger partial charge is 0.462 e. The molecule has 0 aliphatic carbocycles. The molecule has 0 heterocycles. The second-order valence-electron chi connectivity index (χ2n) is 17.6. The first-order valence-corrected chi connectivity index (χ1v) is 25.6. The van der Waals surface area contributed by atoms with Crippen LogP contribution >= 0.6 is 0 Å². The number of ether oxygens (including phenoxy) is 1. The first kappa shape index (κ1) is 56.3. The van der Waals surface area contributed by atoms with E-state index in [0.29, 0.717) is 25.7 Å². The molecule has 0 fully saturated rings. The van der Waals surface area contributed by atoms with Gasteiger partial charge < -0.3 is 20.3 Å². The second kappa shape index (κ2) is 46.4. The van der Waals surface area contributed by atoms with Crippen molar-refractivity contribution in [3.05, 3.63) is 24.3 Å². The molecule has 3 atom stereocenters. The Hall–Kier alpha value is -1.66. The zero-order chi connectivity index (χ0) is 42.4. The number of hydrogen-bond donors (Lipinski definition) is 3. The molecule has 3 unspecified atom stereocenters. The fourth-order valence-corrected chi connectivity index (χ4v) is 7.90. The Bertz CT molecular complexity index is 919. The molecule has 6 heteroatoms. The highest BCUT2D eigenvalue weighted by atomic mass is 16.5. The van der Waals surface area contributed by atoms with E-state index in [2.05, 4.69) is 50.4 Å². The Kier molecular flexibility index (Phi) is 45.1. The van der Waals surface area contributed by atoms with Crippen LogP contribution < -0.4 is 5.32 Å². The van der Waals surface area contributed by atoms with Gasteiger partial charge in [-0.2, -0.15) is 0 Å². The van der Waals surface area contributed by atoms with Crippen LogP contribution in [0.2, 0.25) is 0 Å². The molecule has 0 aliphatic rings. The lowest BCUT2D eigenvalue weighted by molar-refractivity contribution is -0.150. The third-order valence-electron chi connectivity index (χ3n) is 11.8. The number of amides is 1. The predicted octanol–water partition coefficient (Wildman–Crippen LogP) is 15.1. The quantitative estimate of drug-likeness (QED) is 0.0323. The number of unbranched alkanes of at least 4 members (excludes halogenated alkanes) is 30. The molecule has 0 saturated heterocycles. The van der Waals surface area contributed by atoms with Gasteiger partial charge in [-0.25, -0.2) is 0 Å². The third kappa shape index (κ3) is 41.1. The normalized spacial score (nSPS) is 13.4. The number of esters is 1. The van der Waals surface area contributed by atoms with Crippen LogP contribution in [-0.2, 0) is 14.3 Å². The maximum absolute atomic E-state index is 13.2. The molecule has 0 saturated carbocycles. The summed E-state index contributed by atoms with van der Waals surface area (Å²) in [4.78, 5) is 26.1. The molecule has 342 valence electrons. The van der Waals surface area contributed by atoms with E-state index in [-0.39, 0.29) is 24.9 Å². The lowest BCUT2D eigenvalue weighted by atomic mass is 10.0. The summed E-state index contributed by atoms with van der Waals surface area (Å²) in [6, 6.07) is -0.706. The van der Waals surface area contributed by atoms with E-state index >= 15 is 0 Å². The molecule has 0 aromatic rings. The van der Waals surface area contributed by atoms with Gasteiger partial charge in [-0.3, -0.25) is 9.59 Å². The van der Waals surface area contributed by atoms with E-state index in [9.17, 15) is 19.8 Å². The number of hydrogen-bond acceptors (Lipinski definition) is 5. The molecule has 58 heavy (non-hydrogen) atoms.